The van der Waals surface area contributed by atoms with Gasteiger partial charge in [0.15, 0.2) is 11.5 Å². The van der Waals surface area contributed by atoms with Crippen LogP contribution in [-0.4, -0.2) is 47.2 Å². The van der Waals surface area contributed by atoms with E-state index in [2.05, 4.69) is 15.1 Å². The number of benzene rings is 2. The summed E-state index contributed by atoms with van der Waals surface area (Å²) in [5, 5.41) is 9.96. The van der Waals surface area contributed by atoms with Crippen molar-refractivity contribution in [1.82, 2.24) is 24.7 Å². The van der Waals surface area contributed by atoms with Crippen molar-refractivity contribution in [3.05, 3.63) is 92.7 Å². The van der Waals surface area contributed by atoms with Crippen molar-refractivity contribution in [1.29, 1.82) is 0 Å². The Morgan fingerprint density at radius 2 is 1.61 bits per heavy atom. The Morgan fingerprint density at radius 3 is 2.18 bits per heavy atom. The minimum atomic E-state index is -4.05. The number of sulfonamides is 1. The lowest BCUT2D eigenvalue weighted by molar-refractivity contribution is 0.598. The van der Waals surface area contributed by atoms with Gasteiger partial charge in [0.2, 0.25) is 10.0 Å². The lowest BCUT2D eigenvalue weighted by atomic mass is 10.0. The molecule has 0 aliphatic heterocycles. The molecule has 5 rings (SSSR count). The maximum absolute atomic E-state index is 13.2. The molecule has 194 valence electrons. The predicted molar refractivity (Wildman–Crippen MR) is 148 cm³/mol. The Morgan fingerprint density at radius 1 is 1.00 bits per heavy atom. The van der Waals surface area contributed by atoms with E-state index in [0.717, 1.165) is 16.7 Å². The Hall–Kier alpha value is -3.77. The zero-order chi connectivity index (χ0) is 27.2. The molecular weight excluding hydrogens is 549 g/mol. The van der Waals surface area contributed by atoms with E-state index in [9.17, 15) is 13.2 Å². The lowest BCUT2D eigenvalue weighted by Crippen LogP contribution is -2.16. The molecule has 0 amide bonds. The molecule has 0 fully saturated rings. The summed E-state index contributed by atoms with van der Waals surface area (Å²) in [7, 11) is -0.580. The van der Waals surface area contributed by atoms with Crippen molar-refractivity contribution < 1.29 is 8.42 Å². The topological polar surface area (TPSA) is 140 Å². The fourth-order valence-electron chi connectivity index (χ4n) is 4.07. The van der Waals surface area contributed by atoms with E-state index < -0.39 is 10.0 Å². The van der Waals surface area contributed by atoms with E-state index in [0.29, 0.717) is 18.1 Å². The number of aromatic nitrogens is 5. The molecule has 0 radical (unpaired) electrons. The first kappa shape index (κ1) is 25.9. The van der Waals surface area contributed by atoms with Crippen LogP contribution < -0.4 is 15.6 Å². The van der Waals surface area contributed by atoms with Gasteiger partial charge in [0, 0.05) is 32.9 Å². The first-order valence-electron chi connectivity index (χ1n) is 11.2. The number of hydrogen-bond acceptors (Lipinski definition) is 7. The number of H-pyrrole nitrogens is 1. The van der Waals surface area contributed by atoms with Crippen LogP contribution in [0.5, 0.6) is 0 Å². The number of halogens is 2. The van der Waals surface area contributed by atoms with Crippen molar-refractivity contribution >= 4 is 50.1 Å². The van der Waals surface area contributed by atoms with Crippen LogP contribution in [0, 0.1) is 0 Å². The van der Waals surface area contributed by atoms with E-state index in [-0.39, 0.29) is 37.2 Å². The number of primary sulfonamides is 1. The molecule has 0 saturated carbocycles. The molecule has 10 nitrogen and oxygen atoms in total. The minimum Gasteiger partial charge on any atom is -0.361 e. The third kappa shape index (κ3) is 4.88. The van der Waals surface area contributed by atoms with Crippen LogP contribution in [0.2, 0.25) is 10.0 Å². The predicted octanol–water partition coefficient (Wildman–Crippen LogP) is 3.78. The largest absolute Gasteiger partial charge is 0.361 e. The summed E-state index contributed by atoms with van der Waals surface area (Å²) >= 11 is 12.9. The second kappa shape index (κ2) is 9.84. The molecule has 0 aliphatic rings. The normalized spacial score (nSPS) is 11.7. The molecule has 0 bridgehead atoms. The molecule has 3 N–H and O–H groups in total. The number of anilines is 1. The molecule has 0 saturated heterocycles. The fourth-order valence-corrected chi connectivity index (χ4v) is 5.41. The third-order valence-electron chi connectivity index (χ3n) is 5.86. The summed E-state index contributed by atoms with van der Waals surface area (Å²) in [6.07, 6.45) is 3.81. The van der Waals surface area contributed by atoms with Gasteiger partial charge in [-0.1, -0.05) is 47.5 Å². The van der Waals surface area contributed by atoms with Crippen molar-refractivity contribution in [2.24, 2.45) is 5.14 Å². The second-order valence-corrected chi connectivity index (χ2v) is 11.1. The van der Waals surface area contributed by atoms with Crippen LogP contribution in [0.3, 0.4) is 0 Å². The summed E-state index contributed by atoms with van der Waals surface area (Å²) in [5.74, 6) is 0.740. The van der Waals surface area contributed by atoms with Crippen LogP contribution in [0.15, 0.2) is 70.6 Å². The molecule has 13 heteroatoms. The van der Waals surface area contributed by atoms with Gasteiger partial charge in [-0.15, -0.1) is 5.10 Å². The van der Waals surface area contributed by atoms with Crippen LogP contribution in [0.25, 0.3) is 27.8 Å². The lowest BCUT2D eigenvalue weighted by Gasteiger charge is -2.11. The highest BCUT2D eigenvalue weighted by atomic mass is 35.5. The third-order valence-corrected chi connectivity index (χ3v) is 7.33. The number of nitrogens with one attached hydrogen (secondary N) is 1. The van der Waals surface area contributed by atoms with Crippen LogP contribution in [-0.2, 0) is 16.4 Å². The van der Waals surface area contributed by atoms with Crippen molar-refractivity contribution in [2.75, 3.05) is 19.0 Å². The number of aromatic amines is 1. The first-order valence-corrected chi connectivity index (χ1v) is 13.5. The Labute approximate surface area is 227 Å². The van der Waals surface area contributed by atoms with Crippen LogP contribution >= 0.6 is 23.2 Å². The zero-order valence-corrected chi connectivity index (χ0v) is 22.5. The molecule has 0 unspecified atom stereocenters. The smallest absolute Gasteiger partial charge is 0.264 e. The fraction of sp³-hybridized carbons (Fsp3) is 0.120. The van der Waals surface area contributed by atoms with Gasteiger partial charge >= 0.3 is 0 Å². The van der Waals surface area contributed by atoms with Gasteiger partial charge in [0.05, 0.1) is 14.9 Å². The SMILES string of the molecule is CN(C)c1nn(-c2c(Cl)cc(S(N)(=O)=O)cc2Cl)c2nc(Cc3ccc(-c4ccncc4)cc3)[nH]c(=O)c12. The minimum absolute atomic E-state index is 0.0217. The van der Waals surface area contributed by atoms with E-state index >= 15 is 0 Å². The van der Waals surface area contributed by atoms with Gasteiger partial charge in [-0.3, -0.25) is 9.78 Å². The van der Waals surface area contributed by atoms with Crippen LogP contribution in [0.4, 0.5) is 5.82 Å². The molecule has 38 heavy (non-hydrogen) atoms. The maximum Gasteiger partial charge on any atom is 0.264 e. The molecule has 5 aromatic rings. The van der Waals surface area contributed by atoms with Gasteiger partial charge in [0.1, 0.15) is 16.9 Å². The summed E-state index contributed by atoms with van der Waals surface area (Å²) in [6, 6.07) is 14.1. The molecule has 3 heterocycles. The number of pyridine rings is 1. The van der Waals surface area contributed by atoms with Crippen molar-refractivity contribution in [3.8, 4) is 16.8 Å². The van der Waals surface area contributed by atoms with Crippen molar-refractivity contribution in [2.45, 2.75) is 11.3 Å². The van der Waals surface area contributed by atoms with Gasteiger partial charge in [-0.25, -0.2) is 23.2 Å². The molecule has 0 atom stereocenters. The monoisotopic (exact) mass is 569 g/mol. The van der Waals surface area contributed by atoms with Gasteiger partial charge in [-0.05, 0) is 41.0 Å². The van der Waals surface area contributed by atoms with E-state index in [1.165, 1.54) is 16.8 Å². The molecule has 2 aromatic carbocycles. The van der Waals surface area contributed by atoms with Crippen molar-refractivity contribution in [3.63, 3.8) is 0 Å². The second-order valence-electron chi connectivity index (χ2n) is 8.73. The van der Waals surface area contributed by atoms with Crippen LogP contribution in [0.1, 0.15) is 11.4 Å². The summed E-state index contributed by atoms with van der Waals surface area (Å²) in [6.45, 7) is 0. The summed E-state index contributed by atoms with van der Waals surface area (Å²) in [4.78, 5) is 26.2. The average Bonchev–Trinajstić information content (AvgIpc) is 3.24. The molecule has 0 aliphatic carbocycles. The number of hydrogen-bond donors (Lipinski definition) is 2. The molecule has 3 aromatic heterocycles. The van der Waals surface area contributed by atoms with Gasteiger partial charge in [0.25, 0.3) is 5.56 Å². The Bertz CT molecular complexity index is 1810. The summed E-state index contributed by atoms with van der Waals surface area (Å²) in [5.41, 5.74) is 3.01. The Balaban J connectivity index is 1.61. The number of rotatable bonds is 6. The molecular formula is C25H21Cl2N7O3S. The van der Waals surface area contributed by atoms with E-state index in [1.54, 1.807) is 31.4 Å². The highest BCUT2D eigenvalue weighted by Crippen LogP contribution is 2.34. The first-order chi connectivity index (χ1) is 18.0. The van der Waals surface area contributed by atoms with Gasteiger partial charge in [-0.2, -0.15) is 0 Å². The zero-order valence-electron chi connectivity index (χ0n) is 20.2. The highest BCUT2D eigenvalue weighted by Gasteiger charge is 2.24. The average molecular weight is 570 g/mol. The standard InChI is InChI=1S/C25H21Cl2N7O3S/c1-33(2)24-21-23(34(32-24)22-18(26)12-17(13-19(22)27)38(28,36)37)30-20(31-25(21)35)11-14-3-5-15(6-4-14)16-7-9-29-10-8-16/h3-10,12-13H,11H2,1-2H3,(H2,28,36,37)(H,30,31,35). The van der Waals surface area contributed by atoms with E-state index in [4.69, 9.17) is 33.3 Å². The Kier molecular flexibility index (Phi) is 6.70. The van der Waals surface area contributed by atoms with Gasteiger partial charge < -0.3 is 9.88 Å². The highest BCUT2D eigenvalue weighted by molar-refractivity contribution is 7.89. The number of fused-ring (bicyclic) bond motifs is 1. The molecule has 0 spiro atoms. The quantitative estimate of drug-likeness (QED) is 0.317. The number of nitrogens with zero attached hydrogens (tertiary/aromatic N) is 5. The number of nitrogens with two attached hydrogens (primary N) is 1. The van der Waals surface area contributed by atoms with E-state index in [1.807, 2.05) is 36.4 Å². The summed E-state index contributed by atoms with van der Waals surface area (Å²) < 4.78 is 25.0. The maximum atomic E-state index is 13.2.